The highest BCUT2D eigenvalue weighted by Crippen LogP contribution is 2.57. The molecule has 5 aliphatic rings. The third-order valence-electron chi connectivity index (χ3n) is 10.9. The molecular formula is C36H48N4O8S. The average Bonchev–Trinajstić information content (AvgIpc) is 3.95. The molecule has 3 heterocycles. The second-order valence-electron chi connectivity index (χ2n) is 14.9. The lowest BCUT2D eigenvalue weighted by atomic mass is 9.91. The van der Waals surface area contributed by atoms with Crippen molar-refractivity contribution in [3.8, 4) is 0 Å². The van der Waals surface area contributed by atoms with Gasteiger partial charge in [0.15, 0.2) is 5.78 Å². The van der Waals surface area contributed by atoms with E-state index in [0.29, 0.717) is 32.4 Å². The molecule has 0 spiro atoms. The number of allylic oxidation sites excluding steroid dienone is 1. The number of aryl methyl sites for hydroxylation is 1. The molecule has 3 fully saturated rings. The SMILES string of the molecule is C=C[C@@H]1C[C@]1(CC(=O)[C@@H]1C[C@@H]2CN1C(=O)[C@H](C(C)C)NC(=O)CCCCCCc1cccc3c1CN(C3)C(=O)O2)C(=O)NS(=O)(=O)C1CC1. The second-order valence-corrected chi connectivity index (χ2v) is 16.8. The second kappa shape index (κ2) is 13.9. The molecular weight excluding hydrogens is 648 g/mol. The van der Waals surface area contributed by atoms with E-state index >= 15 is 0 Å². The van der Waals surface area contributed by atoms with Gasteiger partial charge in [-0.05, 0) is 67.1 Å². The first-order valence-electron chi connectivity index (χ1n) is 17.7. The van der Waals surface area contributed by atoms with Gasteiger partial charge in [0, 0.05) is 32.4 Å². The topological polar surface area (TPSA) is 159 Å². The van der Waals surface area contributed by atoms with Gasteiger partial charge in [0.05, 0.1) is 23.3 Å². The number of amides is 4. The van der Waals surface area contributed by atoms with Crippen LogP contribution in [0.3, 0.4) is 0 Å². The number of fused-ring (bicyclic) bond motifs is 3. The highest BCUT2D eigenvalue weighted by Gasteiger charge is 2.61. The summed E-state index contributed by atoms with van der Waals surface area (Å²) in [6.45, 7) is 8.20. The minimum absolute atomic E-state index is 0.0257. The Labute approximate surface area is 288 Å². The minimum atomic E-state index is -3.84. The Kier molecular flexibility index (Phi) is 9.94. The Balaban J connectivity index is 1.25. The number of ether oxygens (including phenoxy) is 1. The standard InChI is InChI=1S/C36H48N4O8S/c1-4-25-17-36(25,34(44)38-49(46,47)27-14-15-27)18-30(41)29-16-26-20-40(29)33(43)32(22(2)3)37-31(42)13-8-6-5-7-10-23-11-9-12-24-19-39(21-28(23)24)35(45)48-26/h4,9,11-12,22,25-27,29,32H,1,5-8,10,13-21H2,2-3H3,(H,37,42)(H,38,44)/t25-,26-,29+,32+,36-/m1/s1. The van der Waals surface area contributed by atoms with Crippen molar-refractivity contribution in [3.05, 3.63) is 47.5 Å². The van der Waals surface area contributed by atoms with E-state index in [4.69, 9.17) is 4.74 Å². The summed E-state index contributed by atoms with van der Waals surface area (Å²) >= 11 is 0. The molecule has 1 aromatic rings. The van der Waals surface area contributed by atoms with E-state index < -0.39 is 68.5 Å². The van der Waals surface area contributed by atoms with Gasteiger partial charge in [0.2, 0.25) is 27.7 Å². The van der Waals surface area contributed by atoms with Crippen LogP contribution in [-0.2, 0) is 53.4 Å². The maximum atomic E-state index is 14.2. The summed E-state index contributed by atoms with van der Waals surface area (Å²) in [5.74, 6) is -2.55. The van der Waals surface area contributed by atoms with Gasteiger partial charge in [-0.15, -0.1) is 6.58 Å². The van der Waals surface area contributed by atoms with Crippen LogP contribution in [-0.4, -0.2) is 77.8 Å². The summed E-state index contributed by atoms with van der Waals surface area (Å²) in [5, 5.41) is 2.29. The Morgan fingerprint density at radius 2 is 1.80 bits per heavy atom. The molecule has 13 heteroatoms. The molecule has 3 aliphatic heterocycles. The normalized spacial score (nSPS) is 29.4. The largest absolute Gasteiger partial charge is 0.444 e. The zero-order valence-electron chi connectivity index (χ0n) is 28.4. The van der Waals surface area contributed by atoms with Gasteiger partial charge in [-0.2, -0.15) is 0 Å². The number of carbonyl (C=O) groups is 5. The number of carbonyl (C=O) groups excluding carboxylic acids is 5. The molecule has 2 N–H and O–H groups in total. The van der Waals surface area contributed by atoms with Crippen LogP contribution in [0.1, 0.15) is 94.7 Å². The fourth-order valence-corrected chi connectivity index (χ4v) is 9.09. The van der Waals surface area contributed by atoms with Crippen LogP contribution in [0.25, 0.3) is 0 Å². The predicted molar refractivity (Wildman–Crippen MR) is 180 cm³/mol. The fraction of sp³-hybridized carbons (Fsp3) is 0.639. The first-order valence-corrected chi connectivity index (χ1v) is 19.2. The predicted octanol–water partition coefficient (Wildman–Crippen LogP) is 3.52. The van der Waals surface area contributed by atoms with Crippen molar-refractivity contribution in [1.29, 1.82) is 0 Å². The van der Waals surface area contributed by atoms with E-state index in [1.165, 1.54) is 10.5 Å². The van der Waals surface area contributed by atoms with E-state index in [0.717, 1.165) is 36.8 Å². The third-order valence-corrected chi connectivity index (χ3v) is 12.7. The number of nitrogens with one attached hydrogen (secondary N) is 2. The first-order chi connectivity index (χ1) is 23.3. The molecule has 2 saturated carbocycles. The zero-order chi connectivity index (χ0) is 35.1. The monoisotopic (exact) mass is 696 g/mol. The maximum absolute atomic E-state index is 14.2. The zero-order valence-corrected chi connectivity index (χ0v) is 29.3. The number of nitrogens with zero attached hydrogens (tertiary/aromatic N) is 2. The van der Waals surface area contributed by atoms with Gasteiger partial charge < -0.3 is 15.0 Å². The van der Waals surface area contributed by atoms with Crippen molar-refractivity contribution in [2.45, 2.75) is 121 Å². The first kappa shape index (κ1) is 35.1. The number of hydrogen-bond donors (Lipinski definition) is 2. The fourth-order valence-electron chi connectivity index (χ4n) is 7.70. The van der Waals surface area contributed by atoms with Crippen molar-refractivity contribution in [3.63, 3.8) is 0 Å². The molecule has 1 saturated heterocycles. The Morgan fingerprint density at radius 3 is 2.47 bits per heavy atom. The van der Waals surface area contributed by atoms with Crippen LogP contribution in [0.4, 0.5) is 4.79 Å². The van der Waals surface area contributed by atoms with Crippen LogP contribution in [0, 0.1) is 17.3 Å². The van der Waals surface area contributed by atoms with E-state index in [1.807, 2.05) is 26.0 Å². The number of benzene rings is 1. The highest BCUT2D eigenvalue weighted by molar-refractivity contribution is 7.90. The molecule has 4 amide bonds. The molecule has 266 valence electrons. The van der Waals surface area contributed by atoms with E-state index in [1.54, 1.807) is 11.0 Å². The summed E-state index contributed by atoms with van der Waals surface area (Å²) in [7, 11) is -3.84. The Morgan fingerprint density at radius 1 is 1.08 bits per heavy atom. The van der Waals surface area contributed by atoms with Gasteiger partial charge >= 0.3 is 6.09 Å². The lowest BCUT2D eigenvalue weighted by molar-refractivity contribution is -0.142. The van der Waals surface area contributed by atoms with Crippen molar-refractivity contribution in [1.82, 2.24) is 19.8 Å². The summed E-state index contributed by atoms with van der Waals surface area (Å²) < 4.78 is 33.4. The number of Topliss-reactive ketones (excluding diaryl/α,β-unsaturated/α-hetero) is 1. The van der Waals surface area contributed by atoms with Gasteiger partial charge in [-0.3, -0.25) is 28.8 Å². The molecule has 4 bridgehead atoms. The minimum Gasteiger partial charge on any atom is -0.444 e. The average molecular weight is 697 g/mol. The van der Waals surface area contributed by atoms with Crippen LogP contribution >= 0.6 is 0 Å². The van der Waals surface area contributed by atoms with E-state index in [-0.39, 0.29) is 44.1 Å². The molecule has 1 aromatic carbocycles. The molecule has 12 nitrogen and oxygen atoms in total. The lowest BCUT2D eigenvalue weighted by Gasteiger charge is -2.31. The van der Waals surface area contributed by atoms with Crippen molar-refractivity contribution < 1.29 is 37.1 Å². The van der Waals surface area contributed by atoms with Crippen molar-refractivity contribution in [2.75, 3.05) is 6.54 Å². The number of ketones is 1. The van der Waals surface area contributed by atoms with Crippen molar-refractivity contribution >= 4 is 39.6 Å². The van der Waals surface area contributed by atoms with Gasteiger partial charge in [-0.25, -0.2) is 13.2 Å². The van der Waals surface area contributed by atoms with E-state index in [9.17, 15) is 32.4 Å². The van der Waals surface area contributed by atoms with E-state index in [2.05, 4.69) is 22.7 Å². The molecule has 6 rings (SSSR count). The van der Waals surface area contributed by atoms with Gasteiger partial charge in [0.1, 0.15) is 12.1 Å². The molecule has 2 aliphatic carbocycles. The quantitative estimate of drug-likeness (QED) is 0.391. The number of rotatable bonds is 8. The highest BCUT2D eigenvalue weighted by atomic mass is 32.2. The summed E-state index contributed by atoms with van der Waals surface area (Å²) in [6, 6.07) is 4.17. The van der Waals surface area contributed by atoms with Crippen LogP contribution in [0.5, 0.6) is 0 Å². The Hall–Kier alpha value is -3.74. The maximum Gasteiger partial charge on any atom is 0.410 e. The molecule has 0 radical (unpaired) electrons. The van der Waals surface area contributed by atoms with Gasteiger partial charge in [0.25, 0.3) is 0 Å². The molecule has 0 aromatic heterocycles. The van der Waals surface area contributed by atoms with Gasteiger partial charge in [-0.1, -0.05) is 51.0 Å². The third kappa shape index (κ3) is 7.41. The Bertz CT molecular complexity index is 1640. The lowest BCUT2D eigenvalue weighted by Crippen LogP contribution is -2.54. The van der Waals surface area contributed by atoms with Crippen LogP contribution in [0.2, 0.25) is 0 Å². The van der Waals surface area contributed by atoms with Crippen LogP contribution < -0.4 is 10.0 Å². The molecule has 49 heavy (non-hydrogen) atoms. The van der Waals surface area contributed by atoms with Crippen molar-refractivity contribution in [2.24, 2.45) is 17.3 Å². The summed E-state index contributed by atoms with van der Waals surface area (Å²) in [5.41, 5.74) is 2.11. The summed E-state index contributed by atoms with van der Waals surface area (Å²) in [4.78, 5) is 71.4. The molecule has 0 unspecified atom stereocenters. The summed E-state index contributed by atoms with van der Waals surface area (Å²) in [6.07, 6.45) is 5.81. The smallest absolute Gasteiger partial charge is 0.410 e. The number of sulfonamides is 1. The van der Waals surface area contributed by atoms with Crippen LogP contribution in [0.15, 0.2) is 30.9 Å². The number of hydrogen-bond acceptors (Lipinski definition) is 8. The molecule has 5 atom stereocenters.